The van der Waals surface area contributed by atoms with E-state index in [-0.39, 0.29) is 4.90 Å². The maximum absolute atomic E-state index is 11.6. The van der Waals surface area contributed by atoms with Crippen LogP contribution in [0.15, 0.2) is 29.2 Å². The molecule has 0 aliphatic rings. The smallest absolute Gasteiger partial charge is 0.264 e. The largest absolute Gasteiger partial charge is 0.384 e. The van der Waals surface area contributed by atoms with Crippen molar-refractivity contribution in [1.29, 1.82) is 0 Å². The lowest BCUT2D eigenvalue weighted by molar-refractivity contribution is -0.126. The van der Waals surface area contributed by atoms with Crippen LogP contribution < -0.4 is 4.72 Å². The topological polar surface area (TPSA) is 83.5 Å². The zero-order chi connectivity index (χ0) is 12.3. The maximum atomic E-state index is 11.6. The SMILES string of the molecule is C[C@H](O)C(=O)NS(=O)(=O)c1ccc(Cl)cc1. The molecule has 16 heavy (non-hydrogen) atoms. The minimum absolute atomic E-state index is 0.0918. The van der Waals surface area contributed by atoms with Gasteiger partial charge in [-0.1, -0.05) is 11.6 Å². The Morgan fingerprint density at radius 2 is 1.88 bits per heavy atom. The van der Waals surface area contributed by atoms with Crippen LogP contribution in [0.1, 0.15) is 6.92 Å². The van der Waals surface area contributed by atoms with Gasteiger partial charge in [0.05, 0.1) is 4.90 Å². The standard InChI is InChI=1S/C9H10ClNO4S/c1-6(12)9(13)11-16(14,15)8-4-2-7(10)3-5-8/h2-6,12H,1H3,(H,11,13)/t6-/m0/s1. The van der Waals surface area contributed by atoms with Gasteiger partial charge in [0.25, 0.3) is 15.9 Å². The molecule has 2 N–H and O–H groups in total. The molecule has 0 radical (unpaired) electrons. The summed E-state index contributed by atoms with van der Waals surface area (Å²) in [7, 11) is -3.94. The van der Waals surface area contributed by atoms with Crippen molar-refractivity contribution in [1.82, 2.24) is 4.72 Å². The molecule has 1 aromatic rings. The highest BCUT2D eigenvalue weighted by atomic mass is 35.5. The fourth-order valence-electron chi connectivity index (χ4n) is 0.890. The Labute approximate surface area is 98.1 Å². The molecule has 1 rings (SSSR count). The van der Waals surface area contributed by atoms with Crippen LogP contribution in [0.2, 0.25) is 5.02 Å². The monoisotopic (exact) mass is 263 g/mol. The normalized spacial score (nSPS) is 13.2. The highest BCUT2D eigenvalue weighted by Crippen LogP contribution is 2.13. The molecule has 1 aromatic carbocycles. The van der Waals surface area contributed by atoms with Gasteiger partial charge in [0.15, 0.2) is 0 Å². The number of halogens is 1. The number of aliphatic hydroxyl groups is 1. The fourth-order valence-corrected chi connectivity index (χ4v) is 2.06. The molecule has 1 amide bonds. The van der Waals surface area contributed by atoms with Gasteiger partial charge in [-0.15, -0.1) is 0 Å². The molecule has 0 heterocycles. The summed E-state index contributed by atoms with van der Waals surface area (Å²) in [6, 6.07) is 5.31. The highest BCUT2D eigenvalue weighted by molar-refractivity contribution is 7.90. The zero-order valence-corrected chi connectivity index (χ0v) is 9.92. The van der Waals surface area contributed by atoms with Gasteiger partial charge in [-0.05, 0) is 31.2 Å². The molecule has 0 aliphatic carbocycles. The third-order valence-electron chi connectivity index (χ3n) is 1.74. The van der Waals surface area contributed by atoms with Gasteiger partial charge in [-0.25, -0.2) is 13.1 Å². The molecule has 0 saturated carbocycles. The average Bonchev–Trinajstić information content (AvgIpc) is 2.17. The summed E-state index contributed by atoms with van der Waals surface area (Å²) in [4.78, 5) is 10.9. The number of aliphatic hydroxyl groups excluding tert-OH is 1. The van der Waals surface area contributed by atoms with Crippen LogP contribution >= 0.6 is 11.6 Å². The summed E-state index contributed by atoms with van der Waals surface area (Å²) in [5.41, 5.74) is 0. The highest BCUT2D eigenvalue weighted by Gasteiger charge is 2.19. The van der Waals surface area contributed by atoms with E-state index in [0.717, 1.165) is 0 Å². The van der Waals surface area contributed by atoms with E-state index in [2.05, 4.69) is 0 Å². The van der Waals surface area contributed by atoms with Crippen LogP contribution in [0.3, 0.4) is 0 Å². The van der Waals surface area contributed by atoms with Gasteiger partial charge in [0, 0.05) is 5.02 Å². The molecule has 0 aromatic heterocycles. The van der Waals surface area contributed by atoms with Crippen molar-refractivity contribution < 1.29 is 18.3 Å². The van der Waals surface area contributed by atoms with Crippen molar-refractivity contribution in [3.05, 3.63) is 29.3 Å². The molecule has 0 bridgehead atoms. The van der Waals surface area contributed by atoms with Gasteiger partial charge in [0.1, 0.15) is 6.10 Å². The Kier molecular flexibility index (Phi) is 3.90. The molecule has 5 nitrogen and oxygen atoms in total. The Hall–Kier alpha value is -1.11. The van der Waals surface area contributed by atoms with Crippen LogP contribution in [0.5, 0.6) is 0 Å². The molecule has 1 atom stereocenters. The summed E-state index contributed by atoms with van der Waals surface area (Å²) in [5.74, 6) is -0.977. The number of hydrogen-bond donors (Lipinski definition) is 2. The summed E-state index contributed by atoms with van der Waals surface area (Å²) < 4.78 is 24.9. The van der Waals surface area contributed by atoms with Crippen LogP contribution in [0.25, 0.3) is 0 Å². The predicted molar refractivity (Wildman–Crippen MR) is 58.5 cm³/mol. The van der Waals surface area contributed by atoms with E-state index < -0.39 is 22.0 Å². The van der Waals surface area contributed by atoms with Crippen molar-refractivity contribution >= 4 is 27.5 Å². The number of benzene rings is 1. The molecular formula is C9H10ClNO4S. The summed E-state index contributed by atoms with van der Waals surface area (Å²) >= 11 is 5.60. The molecular weight excluding hydrogens is 254 g/mol. The van der Waals surface area contributed by atoms with Gasteiger partial charge in [0.2, 0.25) is 0 Å². The number of hydrogen-bond acceptors (Lipinski definition) is 4. The average molecular weight is 264 g/mol. The Bertz CT molecular complexity index is 481. The van der Waals surface area contributed by atoms with Crippen LogP contribution in [0, 0.1) is 0 Å². The molecule has 0 fully saturated rings. The second-order valence-electron chi connectivity index (χ2n) is 3.10. The fraction of sp³-hybridized carbons (Fsp3) is 0.222. The second kappa shape index (κ2) is 4.82. The second-order valence-corrected chi connectivity index (χ2v) is 5.22. The quantitative estimate of drug-likeness (QED) is 0.833. The lowest BCUT2D eigenvalue weighted by atomic mass is 10.4. The molecule has 0 spiro atoms. The first kappa shape index (κ1) is 13.0. The maximum Gasteiger partial charge on any atom is 0.264 e. The minimum Gasteiger partial charge on any atom is -0.384 e. The molecule has 0 saturated heterocycles. The third-order valence-corrected chi connectivity index (χ3v) is 3.35. The number of sulfonamides is 1. The van der Waals surface area contributed by atoms with Gasteiger partial charge in [-0.2, -0.15) is 0 Å². The van der Waals surface area contributed by atoms with Crippen molar-refractivity contribution in [2.24, 2.45) is 0 Å². The predicted octanol–water partition coefficient (Wildman–Crippen LogP) is 0.526. The summed E-state index contributed by atoms with van der Waals surface area (Å²) in [6.07, 6.45) is -1.39. The summed E-state index contributed by atoms with van der Waals surface area (Å²) in [6.45, 7) is 1.17. The lowest BCUT2D eigenvalue weighted by Gasteiger charge is -2.08. The molecule has 0 aliphatic heterocycles. The van der Waals surface area contributed by atoms with Crippen molar-refractivity contribution in [3.8, 4) is 0 Å². The van der Waals surface area contributed by atoms with Gasteiger partial charge >= 0.3 is 0 Å². The van der Waals surface area contributed by atoms with E-state index in [0.29, 0.717) is 5.02 Å². The molecule has 88 valence electrons. The van der Waals surface area contributed by atoms with E-state index in [4.69, 9.17) is 16.7 Å². The molecule has 7 heteroatoms. The number of nitrogens with one attached hydrogen (secondary N) is 1. The van der Waals surface area contributed by atoms with Crippen LogP contribution in [-0.2, 0) is 14.8 Å². The van der Waals surface area contributed by atoms with Crippen molar-refractivity contribution in [2.75, 3.05) is 0 Å². The number of rotatable bonds is 3. The Morgan fingerprint density at radius 1 is 1.38 bits per heavy atom. The van der Waals surface area contributed by atoms with Crippen molar-refractivity contribution in [3.63, 3.8) is 0 Å². The summed E-state index contributed by atoms with van der Waals surface area (Å²) in [5, 5.41) is 9.27. The third kappa shape index (κ3) is 3.19. The first-order valence-corrected chi connectivity index (χ1v) is 6.19. The lowest BCUT2D eigenvalue weighted by Crippen LogP contribution is -2.37. The van der Waals surface area contributed by atoms with E-state index in [1.165, 1.54) is 31.2 Å². The van der Waals surface area contributed by atoms with E-state index in [1.54, 1.807) is 4.72 Å². The number of carbonyl (C=O) groups excluding carboxylic acids is 1. The zero-order valence-electron chi connectivity index (χ0n) is 8.34. The Morgan fingerprint density at radius 3 is 2.31 bits per heavy atom. The number of carbonyl (C=O) groups is 1. The first-order valence-electron chi connectivity index (χ1n) is 4.33. The van der Waals surface area contributed by atoms with Crippen LogP contribution in [-0.4, -0.2) is 25.5 Å². The van der Waals surface area contributed by atoms with E-state index >= 15 is 0 Å². The van der Waals surface area contributed by atoms with Crippen molar-refractivity contribution in [2.45, 2.75) is 17.9 Å². The van der Waals surface area contributed by atoms with Crippen LogP contribution in [0.4, 0.5) is 0 Å². The first-order chi connectivity index (χ1) is 7.33. The van der Waals surface area contributed by atoms with E-state index in [9.17, 15) is 13.2 Å². The van der Waals surface area contributed by atoms with Gasteiger partial charge < -0.3 is 5.11 Å². The molecule has 0 unspecified atom stereocenters. The van der Waals surface area contributed by atoms with E-state index in [1.807, 2.05) is 0 Å². The number of amides is 1. The Balaban J connectivity index is 2.95. The minimum atomic E-state index is -3.94. The van der Waals surface area contributed by atoms with Gasteiger partial charge in [-0.3, -0.25) is 4.79 Å².